The maximum atomic E-state index is 9.04. The molecular weight excluding hydrogens is 272 g/mol. The van der Waals surface area contributed by atoms with Crippen molar-refractivity contribution in [1.82, 2.24) is 9.78 Å². The van der Waals surface area contributed by atoms with Crippen LogP contribution in [0.15, 0.2) is 34.9 Å². The fraction of sp³-hybridized carbons (Fsp3) is 0.182. The molecule has 0 radical (unpaired) electrons. The number of methoxy groups -OCH3 is 1. The standard InChI is InChI=1S/C11H11BrN2O2/c1-16-9-4-2-8(3-5-9)14-6-10(12)11(7-15)13-14/h2-6,15H,7H2,1H3. The van der Waals surface area contributed by atoms with Crippen LogP contribution in [-0.4, -0.2) is 22.0 Å². The minimum Gasteiger partial charge on any atom is -0.497 e. The van der Waals surface area contributed by atoms with Gasteiger partial charge in [0.15, 0.2) is 0 Å². The molecule has 0 atom stereocenters. The number of hydrogen-bond donors (Lipinski definition) is 1. The fourth-order valence-electron chi connectivity index (χ4n) is 1.36. The monoisotopic (exact) mass is 282 g/mol. The third-order valence-electron chi connectivity index (χ3n) is 2.23. The summed E-state index contributed by atoms with van der Waals surface area (Å²) in [5.41, 5.74) is 1.54. The molecule has 4 nitrogen and oxygen atoms in total. The van der Waals surface area contributed by atoms with E-state index < -0.39 is 0 Å². The number of ether oxygens (including phenoxy) is 1. The molecule has 0 saturated carbocycles. The van der Waals surface area contributed by atoms with E-state index in [0.717, 1.165) is 15.9 Å². The topological polar surface area (TPSA) is 47.3 Å². The third-order valence-corrected chi connectivity index (χ3v) is 2.89. The lowest BCUT2D eigenvalue weighted by Gasteiger charge is -2.02. The van der Waals surface area contributed by atoms with Crippen LogP contribution in [-0.2, 0) is 6.61 Å². The van der Waals surface area contributed by atoms with Crippen molar-refractivity contribution in [3.05, 3.63) is 40.6 Å². The van der Waals surface area contributed by atoms with Gasteiger partial charge in [-0.15, -0.1) is 0 Å². The van der Waals surface area contributed by atoms with Crippen LogP contribution < -0.4 is 4.74 Å². The number of nitrogens with zero attached hydrogens (tertiary/aromatic N) is 2. The summed E-state index contributed by atoms with van der Waals surface area (Å²) in [6, 6.07) is 7.53. The molecule has 1 heterocycles. The Morgan fingerprint density at radius 1 is 1.38 bits per heavy atom. The maximum absolute atomic E-state index is 9.04. The zero-order chi connectivity index (χ0) is 11.5. The van der Waals surface area contributed by atoms with Crippen molar-refractivity contribution in [2.24, 2.45) is 0 Å². The molecule has 0 aliphatic carbocycles. The highest BCUT2D eigenvalue weighted by molar-refractivity contribution is 9.10. The Morgan fingerprint density at radius 2 is 2.06 bits per heavy atom. The Balaban J connectivity index is 2.34. The van der Waals surface area contributed by atoms with Gasteiger partial charge in [0.05, 0.1) is 23.9 Å². The zero-order valence-electron chi connectivity index (χ0n) is 8.72. The SMILES string of the molecule is COc1ccc(-n2cc(Br)c(CO)n2)cc1. The highest BCUT2D eigenvalue weighted by atomic mass is 79.9. The summed E-state index contributed by atoms with van der Waals surface area (Å²) in [6.07, 6.45) is 1.81. The molecule has 0 fully saturated rings. The number of aliphatic hydroxyl groups excluding tert-OH is 1. The molecule has 1 aromatic heterocycles. The molecule has 1 N–H and O–H groups in total. The maximum Gasteiger partial charge on any atom is 0.119 e. The van der Waals surface area contributed by atoms with Crippen molar-refractivity contribution in [3.63, 3.8) is 0 Å². The van der Waals surface area contributed by atoms with Gasteiger partial charge in [0.25, 0.3) is 0 Å². The van der Waals surface area contributed by atoms with Gasteiger partial charge in [0.2, 0.25) is 0 Å². The van der Waals surface area contributed by atoms with Crippen molar-refractivity contribution in [2.75, 3.05) is 7.11 Å². The van der Waals surface area contributed by atoms with Gasteiger partial charge >= 0.3 is 0 Å². The number of rotatable bonds is 3. The Bertz CT molecular complexity index is 479. The van der Waals surface area contributed by atoms with Crippen molar-refractivity contribution in [1.29, 1.82) is 0 Å². The van der Waals surface area contributed by atoms with Crippen LogP contribution in [0.25, 0.3) is 5.69 Å². The summed E-state index contributed by atoms with van der Waals surface area (Å²) >= 11 is 3.33. The quantitative estimate of drug-likeness (QED) is 0.938. The molecule has 0 aliphatic rings. The predicted molar refractivity (Wildman–Crippen MR) is 63.7 cm³/mol. The molecular formula is C11H11BrN2O2. The van der Waals surface area contributed by atoms with Crippen LogP contribution in [0, 0.1) is 0 Å². The normalized spacial score (nSPS) is 10.4. The van der Waals surface area contributed by atoms with Crippen LogP contribution in [0.4, 0.5) is 0 Å². The first kappa shape index (κ1) is 11.2. The zero-order valence-corrected chi connectivity index (χ0v) is 10.3. The largest absolute Gasteiger partial charge is 0.497 e. The van der Waals surface area contributed by atoms with E-state index in [-0.39, 0.29) is 6.61 Å². The number of aromatic nitrogens is 2. The Hall–Kier alpha value is -1.33. The average Bonchev–Trinajstić information content (AvgIpc) is 2.71. The molecule has 5 heteroatoms. The van der Waals surface area contributed by atoms with E-state index in [1.807, 2.05) is 30.5 Å². The molecule has 0 saturated heterocycles. The van der Waals surface area contributed by atoms with Crippen molar-refractivity contribution < 1.29 is 9.84 Å². The van der Waals surface area contributed by atoms with Gasteiger partial charge in [0.1, 0.15) is 11.4 Å². The van der Waals surface area contributed by atoms with Crippen LogP contribution >= 0.6 is 15.9 Å². The molecule has 84 valence electrons. The molecule has 0 spiro atoms. The second-order valence-electron chi connectivity index (χ2n) is 3.22. The fourth-order valence-corrected chi connectivity index (χ4v) is 1.76. The first-order valence-corrected chi connectivity index (χ1v) is 5.53. The lowest BCUT2D eigenvalue weighted by molar-refractivity contribution is 0.275. The van der Waals surface area contributed by atoms with Crippen molar-refractivity contribution in [2.45, 2.75) is 6.61 Å². The molecule has 16 heavy (non-hydrogen) atoms. The lowest BCUT2D eigenvalue weighted by Crippen LogP contribution is -1.96. The summed E-state index contributed by atoms with van der Waals surface area (Å²) in [7, 11) is 1.63. The second-order valence-corrected chi connectivity index (χ2v) is 4.08. The summed E-state index contributed by atoms with van der Waals surface area (Å²) < 4.78 is 7.58. The smallest absolute Gasteiger partial charge is 0.119 e. The van der Waals surface area contributed by atoms with E-state index in [1.165, 1.54) is 0 Å². The molecule has 0 aliphatic heterocycles. The molecule has 0 amide bonds. The molecule has 1 aromatic carbocycles. The summed E-state index contributed by atoms with van der Waals surface area (Å²) in [6.45, 7) is -0.0796. The van der Waals surface area contributed by atoms with Gasteiger partial charge in [-0.1, -0.05) is 0 Å². The number of hydrogen-bond acceptors (Lipinski definition) is 3. The second kappa shape index (κ2) is 4.67. The van der Waals surface area contributed by atoms with E-state index in [9.17, 15) is 0 Å². The Morgan fingerprint density at radius 3 is 2.56 bits per heavy atom. The van der Waals surface area contributed by atoms with Crippen LogP contribution in [0.2, 0.25) is 0 Å². The number of aliphatic hydroxyl groups is 1. The minimum absolute atomic E-state index is 0.0796. The van der Waals surface area contributed by atoms with Gasteiger partial charge in [-0.2, -0.15) is 5.10 Å². The number of benzene rings is 1. The summed E-state index contributed by atoms with van der Waals surface area (Å²) in [5, 5.41) is 13.3. The van der Waals surface area contributed by atoms with Crippen molar-refractivity contribution >= 4 is 15.9 Å². The Labute approximate surface area is 102 Å². The Kier molecular flexibility index (Phi) is 3.26. The van der Waals surface area contributed by atoms with Crippen LogP contribution in [0.5, 0.6) is 5.75 Å². The van der Waals surface area contributed by atoms with Crippen LogP contribution in [0.1, 0.15) is 5.69 Å². The molecule has 0 unspecified atom stereocenters. The van der Waals surface area contributed by atoms with E-state index in [2.05, 4.69) is 21.0 Å². The van der Waals surface area contributed by atoms with E-state index in [4.69, 9.17) is 9.84 Å². The highest BCUT2D eigenvalue weighted by Gasteiger charge is 2.06. The first-order chi connectivity index (χ1) is 7.74. The van der Waals surface area contributed by atoms with Crippen LogP contribution in [0.3, 0.4) is 0 Å². The average molecular weight is 283 g/mol. The summed E-state index contributed by atoms with van der Waals surface area (Å²) in [4.78, 5) is 0. The van der Waals surface area contributed by atoms with Crippen molar-refractivity contribution in [3.8, 4) is 11.4 Å². The van der Waals surface area contributed by atoms with Gasteiger partial charge in [0, 0.05) is 6.20 Å². The van der Waals surface area contributed by atoms with E-state index in [0.29, 0.717) is 5.69 Å². The highest BCUT2D eigenvalue weighted by Crippen LogP contribution is 2.19. The van der Waals surface area contributed by atoms with Gasteiger partial charge in [-0.25, -0.2) is 4.68 Å². The van der Waals surface area contributed by atoms with Gasteiger partial charge < -0.3 is 9.84 Å². The molecule has 2 rings (SSSR count). The number of halogens is 1. The van der Waals surface area contributed by atoms with E-state index >= 15 is 0 Å². The third kappa shape index (κ3) is 2.10. The minimum atomic E-state index is -0.0796. The lowest BCUT2D eigenvalue weighted by atomic mass is 10.3. The summed E-state index contributed by atoms with van der Waals surface area (Å²) in [5.74, 6) is 0.803. The predicted octanol–water partition coefficient (Wildman–Crippen LogP) is 2.14. The van der Waals surface area contributed by atoms with Gasteiger partial charge in [-0.3, -0.25) is 0 Å². The molecule has 0 bridgehead atoms. The molecule has 2 aromatic rings. The first-order valence-electron chi connectivity index (χ1n) is 4.74. The van der Waals surface area contributed by atoms with E-state index in [1.54, 1.807) is 11.8 Å². The van der Waals surface area contributed by atoms with Gasteiger partial charge in [-0.05, 0) is 40.2 Å².